The van der Waals surface area contributed by atoms with E-state index in [1.807, 2.05) is 84.9 Å². The van der Waals surface area contributed by atoms with E-state index in [9.17, 15) is 4.79 Å². The molecule has 0 aliphatic heterocycles. The molecule has 0 atom stereocenters. The number of carbonyl (C=O) groups excluding carboxylic acids is 1. The summed E-state index contributed by atoms with van der Waals surface area (Å²) in [5, 5.41) is 1.01. The van der Waals surface area contributed by atoms with Crippen molar-refractivity contribution in [2.24, 2.45) is 0 Å². The second-order valence-electron chi connectivity index (χ2n) is 6.09. The van der Waals surface area contributed by atoms with Crippen molar-refractivity contribution in [2.45, 2.75) is 0 Å². The third-order valence-electron chi connectivity index (χ3n) is 4.13. The van der Waals surface area contributed by atoms with E-state index in [0.717, 1.165) is 27.2 Å². The molecular weight excluding hydrogens is 350 g/mol. The first-order chi connectivity index (χ1) is 13.3. The van der Waals surface area contributed by atoms with Crippen LogP contribution in [0.15, 0.2) is 91.0 Å². The number of para-hydroxylation sites is 1. The largest absolute Gasteiger partial charge is 0.290 e. The standard InChI is InChI=1S/C24H17NOS/c26-21(16-12-18-6-2-1-3-7-18)17-13-19-10-14-20(15-11-19)24-25-22-8-4-5-9-23(22)27-24/h1-17H. The number of aromatic nitrogens is 1. The molecule has 0 aliphatic carbocycles. The summed E-state index contributed by atoms with van der Waals surface area (Å²) in [6.45, 7) is 0. The molecule has 2 nitrogen and oxygen atoms in total. The summed E-state index contributed by atoms with van der Waals surface area (Å²) in [4.78, 5) is 16.7. The van der Waals surface area contributed by atoms with E-state index in [1.165, 1.54) is 4.70 Å². The lowest BCUT2D eigenvalue weighted by Crippen LogP contribution is -1.85. The Hall–Kier alpha value is -3.30. The Labute approximate surface area is 162 Å². The van der Waals surface area contributed by atoms with Gasteiger partial charge in [-0.15, -0.1) is 11.3 Å². The fourth-order valence-electron chi connectivity index (χ4n) is 2.71. The maximum Gasteiger partial charge on any atom is 0.178 e. The van der Waals surface area contributed by atoms with Gasteiger partial charge in [-0.1, -0.05) is 78.9 Å². The Balaban J connectivity index is 1.45. The van der Waals surface area contributed by atoms with Gasteiger partial charge in [0, 0.05) is 5.56 Å². The van der Waals surface area contributed by atoms with Gasteiger partial charge in [0.2, 0.25) is 0 Å². The first kappa shape index (κ1) is 17.1. The molecule has 4 rings (SSSR count). The lowest BCUT2D eigenvalue weighted by Gasteiger charge is -1.97. The van der Waals surface area contributed by atoms with E-state index in [-0.39, 0.29) is 5.78 Å². The van der Waals surface area contributed by atoms with Gasteiger partial charge in [-0.25, -0.2) is 4.98 Å². The number of hydrogen-bond donors (Lipinski definition) is 0. The highest BCUT2D eigenvalue weighted by atomic mass is 32.1. The monoisotopic (exact) mass is 367 g/mol. The average molecular weight is 367 g/mol. The molecule has 1 aromatic heterocycles. The molecule has 0 saturated heterocycles. The number of ketones is 1. The number of rotatable bonds is 5. The Morgan fingerprint density at radius 2 is 1.37 bits per heavy atom. The molecule has 0 bridgehead atoms. The van der Waals surface area contributed by atoms with Gasteiger partial charge in [0.1, 0.15) is 5.01 Å². The molecule has 4 aromatic rings. The van der Waals surface area contributed by atoms with Crippen molar-refractivity contribution in [3.63, 3.8) is 0 Å². The summed E-state index contributed by atoms with van der Waals surface area (Å²) in [7, 11) is 0. The van der Waals surface area contributed by atoms with E-state index in [2.05, 4.69) is 11.1 Å². The fraction of sp³-hybridized carbons (Fsp3) is 0. The Bertz CT molecular complexity index is 1090. The van der Waals surface area contributed by atoms with Crippen LogP contribution in [0.25, 0.3) is 32.9 Å². The van der Waals surface area contributed by atoms with Gasteiger partial charge in [0.15, 0.2) is 5.78 Å². The minimum Gasteiger partial charge on any atom is -0.290 e. The van der Waals surface area contributed by atoms with E-state index < -0.39 is 0 Å². The average Bonchev–Trinajstić information content (AvgIpc) is 3.16. The summed E-state index contributed by atoms with van der Waals surface area (Å²) in [5.74, 6) is -0.0332. The zero-order chi connectivity index (χ0) is 18.5. The van der Waals surface area contributed by atoms with Gasteiger partial charge in [-0.05, 0) is 35.4 Å². The molecule has 27 heavy (non-hydrogen) atoms. The van der Waals surface area contributed by atoms with Crippen molar-refractivity contribution in [3.8, 4) is 10.6 Å². The normalized spacial score (nSPS) is 11.6. The van der Waals surface area contributed by atoms with Crippen molar-refractivity contribution in [1.82, 2.24) is 4.98 Å². The molecule has 3 aromatic carbocycles. The molecule has 1 heterocycles. The van der Waals surface area contributed by atoms with Gasteiger partial charge in [-0.2, -0.15) is 0 Å². The molecule has 0 aliphatic rings. The van der Waals surface area contributed by atoms with E-state index in [0.29, 0.717) is 0 Å². The van der Waals surface area contributed by atoms with Crippen LogP contribution in [-0.2, 0) is 4.79 Å². The topological polar surface area (TPSA) is 30.0 Å². The zero-order valence-corrected chi connectivity index (χ0v) is 15.4. The highest BCUT2D eigenvalue weighted by Crippen LogP contribution is 2.30. The van der Waals surface area contributed by atoms with Crippen LogP contribution in [0.4, 0.5) is 0 Å². The summed E-state index contributed by atoms with van der Waals surface area (Å²) >= 11 is 1.69. The van der Waals surface area contributed by atoms with Gasteiger partial charge in [0.05, 0.1) is 10.2 Å². The molecule has 0 amide bonds. The lowest BCUT2D eigenvalue weighted by atomic mass is 10.1. The van der Waals surface area contributed by atoms with Gasteiger partial charge < -0.3 is 0 Å². The van der Waals surface area contributed by atoms with Crippen LogP contribution in [-0.4, -0.2) is 10.8 Å². The third-order valence-corrected chi connectivity index (χ3v) is 5.22. The Kier molecular flexibility index (Phi) is 5.04. The van der Waals surface area contributed by atoms with Gasteiger partial charge in [-0.3, -0.25) is 4.79 Å². The summed E-state index contributed by atoms with van der Waals surface area (Å²) in [6.07, 6.45) is 6.83. The summed E-state index contributed by atoms with van der Waals surface area (Å²) in [6, 6.07) is 26.0. The van der Waals surface area contributed by atoms with Crippen molar-refractivity contribution >= 4 is 39.5 Å². The molecule has 0 unspecified atom stereocenters. The number of benzene rings is 3. The lowest BCUT2D eigenvalue weighted by molar-refractivity contribution is -0.110. The van der Waals surface area contributed by atoms with Crippen LogP contribution in [0.5, 0.6) is 0 Å². The van der Waals surface area contributed by atoms with Crippen molar-refractivity contribution in [1.29, 1.82) is 0 Å². The highest BCUT2D eigenvalue weighted by Gasteiger charge is 2.05. The number of hydrogen-bond acceptors (Lipinski definition) is 3. The first-order valence-corrected chi connectivity index (χ1v) is 9.51. The quantitative estimate of drug-likeness (QED) is 0.390. The minimum absolute atomic E-state index is 0.0332. The molecule has 3 heteroatoms. The number of fused-ring (bicyclic) bond motifs is 1. The first-order valence-electron chi connectivity index (χ1n) is 8.69. The maximum absolute atomic E-state index is 12.0. The van der Waals surface area contributed by atoms with Crippen LogP contribution in [0.2, 0.25) is 0 Å². The molecule has 0 radical (unpaired) electrons. The van der Waals surface area contributed by atoms with Crippen molar-refractivity contribution < 1.29 is 4.79 Å². The third kappa shape index (κ3) is 4.27. The van der Waals surface area contributed by atoms with Crippen LogP contribution in [0.1, 0.15) is 11.1 Å². The fourth-order valence-corrected chi connectivity index (χ4v) is 3.68. The van der Waals surface area contributed by atoms with Crippen molar-refractivity contribution in [3.05, 3.63) is 102 Å². The molecule has 130 valence electrons. The van der Waals surface area contributed by atoms with Gasteiger partial charge in [0.25, 0.3) is 0 Å². The van der Waals surface area contributed by atoms with Crippen LogP contribution in [0.3, 0.4) is 0 Å². The predicted octanol–water partition coefficient (Wildman–Crippen LogP) is 6.26. The zero-order valence-electron chi connectivity index (χ0n) is 14.6. The van der Waals surface area contributed by atoms with Crippen LogP contribution < -0.4 is 0 Å². The van der Waals surface area contributed by atoms with Crippen LogP contribution in [0, 0.1) is 0 Å². The SMILES string of the molecule is O=C(C=Cc1ccccc1)C=Cc1ccc(-c2nc3ccccc3s2)cc1. The van der Waals surface area contributed by atoms with E-state index >= 15 is 0 Å². The number of carbonyl (C=O) groups is 1. The number of thiazole rings is 1. The second-order valence-corrected chi connectivity index (χ2v) is 7.12. The molecular formula is C24H17NOS. The molecule has 0 saturated carbocycles. The van der Waals surface area contributed by atoms with Crippen LogP contribution >= 0.6 is 11.3 Å². The predicted molar refractivity (Wildman–Crippen MR) is 115 cm³/mol. The summed E-state index contributed by atoms with van der Waals surface area (Å²) < 4.78 is 1.19. The summed E-state index contributed by atoms with van der Waals surface area (Å²) in [5.41, 5.74) is 4.11. The molecule has 0 N–H and O–H groups in total. The Morgan fingerprint density at radius 3 is 2.07 bits per heavy atom. The minimum atomic E-state index is -0.0332. The maximum atomic E-state index is 12.0. The number of nitrogens with zero attached hydrogens (tertiary/aromatic N) is 1. The molecule has 0 fully saturated rings. The smallest absolute Gasteiger partial charge is 0.178 e. The number of allylic oxidation sites excluding steroid dienone is 2. The van der Waals surface area contributed by atoms with E-state index in [4.69, 9.17) is 0 Å². The second kappa shape index (κ2) is 7.94. The van der Waals surface area contributed by atoms with E-state index in [1.54, 1.807) is 23.5 Å². The van der Waals surface area contributed by atoms with Gasteiger partial charge >= 0.3 is 0 Å². The molecule has 0 spiro atoms. The van der Waals surface area contributed by atoms with Crippen molar-refractivity contribution in [2.75, 3.05) is 0 Å². The highest BCUT2D eigenvalue weighted by molar-refractivity contribution is 7.21. The Morgan fingerprint density at radius 1 is 0.741 bits per heavy atom.